The van der Waals surface area contributed by atoms with Crippen molar-refractivity contribution in [3.8, 4) is 0 Å². The summed E-state index contributed by atoms with van der Waals surface area (Å²) >= 11 is 0. The lowest BCUT2D eigenvalue weighted by molar-refractivity contribution is -0.116. The second kappa shape index (κ2) is 4.73. The first-order valence-electron chi connectivity index (χ1n) is 5.73. The summed E-state index contributed by atoms with van der Waals surface area (Å²) in [6.07, 6.45) is 0. The van der Waals surface area contributed by atoms with Crippen molar-refractivity contribution in [2.24, 2.45) is 5.73 Å². The molecular weight excluding hydrogens is 218 g/mol. The van der Waals surface area contributed by atoms with Crippen LogP contribution in [0.2, 0.25) is 0 Å². The summed E-state index contributed by atoms with van der Waals surface area (Å²) in [6, 6.07) is 5.14. The lowest BCUT2D eigenvalue weighted by Gasteiger charge is -2.22. The van der Waals surface area contributed by atoms with E-state index in [4.69, 9.17) is 10.8 Å². The lowest BCUT2D eigenvalue weighted by atomic mass is 10.1. The van der Waals surface area contributed by atoms with Crippen molar-refractivity contribution in [3.63, 3.8) is 0 Å². The third-order valence-corrected chi connectivity index (χ3v) is 3.03. The van der Waals surface area contributed by atoms with Gasteiger partial charge in [0.15, 0.2) is 0 Å². The number of rotatable bonds is 4. The molecule has 5 nitrogen and oxygen atoms in total. The predicted molar refractivity (Wildman–Crippen MR) is 67.0 cm³/mol. The average Bonchev–Trinajstić information content (AvgIpc) is 2.61. The number of anilines is 2. The van der Waals surface area contributed by atoms with Gasteiger partial charge in [0.1, 0.15) is 6.04 Å². The van der Waals surface area contributed by atoms with Gasteiger partial charge in [-0.3, -0.25) is 4.79 Å². The van der Waals surface area contributed by atoms with Crippen molar-refractivity contribution in [1.82, 2.24) is 0 Å². The smallest absolute Gasteiger partial charge is 0.245 e. The van der Waals surface area contributed by atoms with Crippen LogP contribution >= 0.6 is 0 Å². The Morgan fingerprint density at radius 2 is 2.29 bits per heavy atom. The minimum absolute atomic E-state index is 0.108. The van der Waals surface area contributed by atoms with Gasteiger partial charge in [0.2, 0.25) is 5.91 Å². The van der Waals surface area contributed by atoms with Crippen LogP contribution in [0.5, 0.6) is 0 Å². The van der Waals surface area contributed by atoms with Crippen molar-refractivity contribution < 1.29 is 9.90 Å². The molecule has 1 amide bonds. The molecule has 4 N–H and O–H groups in total. The van der Waals surface area contributed by atoms with E-state index in [-0.39, 0.29) is 12.5 Å². The molecule has 0 aromatic heterocycles. The molecule has 0 saturated heterocycles. The zero-order chi connectivity index (χ0) is 12.4. The molecule has 0 spiro atoms. The van der Waals surface area contributed by atoms with Crippen LogP contribution in [0.1, 0.15) is 18.5 Å². The van der Waals surface area contributed by atoms with Crippen molar-refractivity contribution in [1.29, 1.82) is 0 Å². The maximum atomic E-state index is 11.4. The minimum atomic E-state index is -0.563. The molecule has 92 valence electrons. The first-order chi connectivity index (χ1) is 8.17. The fourth-order valence-electron chi connectivity index (χ4n) is 2.06. The predicted octanol–water partition coefficient (Wildman–Crippen LogP) is 0.457. The van der Waals surface area contributed by atoms with E-state index < -0.39 is 6.04 Å². The van der Waals surface area contributed by atoms with Crippen LogP contribution in [0, 0.1) is 0 Å². The van der Waals surface area contributed by atoms with Crippen molar-refractivity contribution in [3.05, 3.63) is 23.8 Å². The zero-order valence-corrected chi connectivity index (χ0v) is 9.81. The van der Waals surface area contributed by atoms with Gasteiger partial charge in [-0.25, -0.2) is 0 Å². The second-order valence-electron chi connectivity index (χ2n) is 4.04. The molecule has 1 heterocycles. The Bertz CT molecular complexity index is 434. The Balaban J connectivity index is 2.29. The second-order valence-corrected chi connectivity index (χ2v) is 4.04. The van der Waals surface area contributed by atoms with E-state index >= 15 is 0 Å². The molecule has 1 unspecified atom stereocenters. The third kappa shape index (κ3) is 2.11. The summed E-state index contributed by atoms with van der Waals surface area (Å²) in [4.78, 5) is 13.5. The Morgan fingerprint density at radius 3 is 2.94 bits per heavy atom. The quantitative estimate of drug-likeness (QED) is 0.708. The van der Waals surface area contributed by atoms with E-state index in [1.165, 1.54) is 0 Å². The molecule has 17 heavy (non-hydrogen) atoms. The van der Waals surface area contributed by atoms with Crippen LogP contribution in [0.15, 0.2) is 18.2 Å². The van der Waals surface area contributed by atoms with E-state index in [1.807, 2.05) is 30.0 Å². The minimum Gasteiger partial charge on any atom is -0.395 e. The molecule has 5 heteroatoms. The molecule has 0 fully saturated rings. The van der Waals surface area contributed by atoms with Gasteiger partial charge < -0.3 is 21.1 Å². The largest absolute Gasteiger partial charge is 0.395 e. The van der Waals surface area contributed by atoms with Crippen LogP contribution in [0.4, 0.5) is 11.4 Å². The zero-order valence-electron chi connectivity index (χ0n) is 9.81. The van der Waals surface area contributed by atoms with E-state index in [1.54, 1.807) is 0 Å². The summed E-state index contributed by atoms with van der Waals surface area (Å²) in [5, 5.41) is 11.7. The van der Waals surface area contributed by atoms with Crippen molar-refractivity contribution in [2.75, 3.05) is 29.9 Å². The molecule has 0 radical (unpaired) electrons. The maximum absolute atomic E-state index is 11.4. The van der Waals surface area contributed by atoms with Gasteiger partial charge in [-0.1, -0.05) is 6.07 Å². The third-order valence-electron chi connectivity index (χ3n) is 3.03. The number of carbonyl (C=O) groups excluding carboxylic acids is 1. The van der Waals surface area contributed by atoms with E-state index in [0.717, 1.165) is 23.5 Å². The highest BCUT2D eigenvalue weighted by Crippen LogP contribution is 2.32. The number of nitrogens with zero attached hydrogens (tertiary/aromatic N) is 1. The molecule has 2 rings (SSSR count). The summed E-state index contributed by atoms with van der Waals surface area (Å²) in [5.74, 6) is -0.164. The SMILES string of the molecule is CCN(CCO)c1ccc2c(c1)NC(=O)C2N. The van der Waals surface area contributed by atoms with Crippen molar-refractivity contribution in [2.45, 2.75) is 13.0 Å². The first kappa shape index (κ1) is 11.9. The number of hydrogen-bond donors (Lipinski definition) is 3. The Kier molecular flexibility index (Phi) is 3.31. The lowest BCUT2D eigenvalue weighted by Crippen LogP contribution is -2.26. The van der Waals surface area contributed by atoms with E-state index in [2.05, 4.69) is 5.32 Å². The van der Waals surface area contributed by atoms with Gasteiger partial charge >= 0.3 is 0 Å². The standard InChI is InChI=1S/C12H17N3O2/c1-2-15(5-6-16)8-3-4-9-10(7-8)14-12(17)11(9)13/h3-4,7,11,16H,2,5-6,13H2,1H3,(H,14,17). The van der Waals surface area contributed by atoms with Crippen LogP contribution < -0.4 is 16.0 Å². The van der Waals surface area contributed by atoms with Gasteiger partial charge in [0, 0.05) is 30.0 Å². The summed E-state index contributed by atoms with van der Waals surface area (Å²) < 4.78 is 0. The number of nitrogens with two attached hydrogens (primary N) is 1. The van der Waals surface area contributed by atoms with Crippen molar-refractivity contribution >= 4 is 17.3 Å². The Morgan fingerprint density at radius 1 is 1.53 bits per heavy atom. The number of aliphatic hydroxyl groups excluding tert-OH is 1. The van der Waals surface area contributed by atoms with Gasteiger partial charge in [-0.05, 0) is 19.1 Å². The number of benzene rings is 1. The highest BCUT2D eigenvalue weighted by atomic mass is 16.3. The highest BCUT2D eigenvalue weighted by molar-refractivity contribution is 6.02. The van der Waals surface area contributed by atoms with Gasteiger partial charge in [0.05, 0.1) is 6.61 Å². The maximum Gasteiger partial charge on any atom is 0.245 e. The van der Waals surface area contributed by atoms with Gasteiger partial charge in [-0.15, -0.1) is 0 Å². The summed E-state index contributed by atoms with van der Waals surface area (Å²) in [6.45, 7) is 3.51. The highest BCUT2D eigenvalue weighted by Gasteiger charge is 2.27. The average molecular weight is 235 g/mol. The molecule has 1 aliphatic rings. The van der Waals surface area contributed by atoms with E-state index in [9.17, 15) is 4.79 Å². The fourth-order valence-corrected chi connectivity index (χ4v) is 2.06. The number of fused-ring (bicyclic) bond motifs is 1. The number of nitrogens with one attached hydrogen (secondary N) is 1. The number of aliphatic hydroxyl groups is 1. The molecule has 1 aliphatic heterocycles. The molecule has 0 bridgehead atoms. The van der Waals surface area contributed by atoms with Crippen LogP contribution in [0.3, 0.4) is 0 Å². The summed E-state index contributed by atoms with van der Waals surface area (Å²) in [7, 11) is 0. The number of carbonyl (C=O) groups is 1. The summed E-state index contributed by atoms with van der Waals surface area (Å²) in [5.41, 5.74) is 8.33. The monoisotopic (exact) mass is 235 g/mol. The van der Waals surface area contributed by atoms with Gasteiger partial charge in [-0.2, -0.15) is 0 Å². The molecule has 1 aromatic carbocycles. The molecule has 0 aliphatic carbocycles. The first-order valence-corrected chi connectivity index (χ1v) is 5.73. The Labute approximate surface area is 100 Å². The number of likely N-dealkylation sites (N-methyl/N-ethyl adjacent to an activating group) is 1. The number of amides is 1. The van der Waals surface area contributed by atoms with E-state index in [0.29, 0.717) is 6.54 Å². The normalized spacial score (nSPS) is 17.8. The topological polar surface area (TPSA) is 78.6 Å². The van der Waals surface area contributed by atoms with Crippen LogP contribution in [-0.4, -0.2) is 30.7 Å². The van der Waals surface area contributed by atoms with Crippen LogP contribution in [-0.2, 0) is 4.79 Å². The molecule has 1 atom stereocenters. The van der Waals surface area contributed by atoms with Gasteiger partial charge in [0.25, 0.3) is 0 Å². The van der Waals surface area contributed by atoms with Crippen LogP contribution in [0.25, 0.3) is 0 Å². The Hall–Kier alpha value is -1.59. The fraction of sp³-hybridized carbons (Fsp3) is 0.417. The molecular formula is C12H17N3O2. The molecule has 0 saturated carbocycles. The number of hydrogen-bond acceptors (Lipinski definition) is 4. The molecule has 1 aromatic rings.